The van der Waals surface area contributed by atoms with Crippen molar-refractivity contribution in [3.05, 3.63) is 65.2 Å². The van der Waals surface area contributed by atoms with Gasteiger partial charge in [0.1, 0.15) is 6.54 Å². The van der Waals surface area contributed by atoms with Crippen molar-refractivity contribution < 1.29 is 13.2 Å². The molecule has 1 amide bonds. The molecule has 2 aromatic carbocycles. The molecule has 5 nitrogen and oxygen atoms in total. The number of carbonyl (C=O) groups excluding carboxylic acids is 1. The van der Waals surface area contributed by atoms with Crippen LogP contribution in [0.1, 0.15) is 29.7 Å². The molecule has 0 aliphatic carbocycles. The van der Waals surface area contributed by atoms with Crippen molar-refractivity contribution in [2.45, 2.75) is 26.8 Å². The van der Waals surface area contributed by atoms with Crippen LogP contribution in [-0.4, -0.2) is 27.1 Å². The zero-order valence-corrected chi connectivity index (χ0v) is 15.8. The van der Waals surface area contributed by atoms with Gasteiger partial charge in [0, 0.05) is 0 Å². The van der Waals surface area contributed by atoms with E-state index in [9.17, 15) is 13.2 Å². The monoisotopic (exact) mass is 360 g/mol. The summed E-state index contributed by atoms with van der Waals surface area (Å²) in [5.41, 5.74) is 3.50. The number of sulfonamides is 1. The maximum absolute atomic E-state index is 12.4. The Kier molecular flexibility index (Phi) is 5.85. The number of rotatable bonds is 6. The number of carbonyl (C=O) groups is 1. The molecule has 25 heavy (non-hydrogen) atoms. The van der Waals surface area contributed by atoms with Crippen molar-refractivity contribution in [1.82, 2.24) is 5.32 Å². The SMILES string of the molecule is Cc1ccc(N(CC(=O)N[C@@H](C)c2ccccc2)S(C)(=O)=O)cc1C. The average molecular weight is 360 g/mol. The average Bonchev–Trinajstić information content (AvgIpc) is 2.55. The van der Waals surface area contributed by atoms with Gasteiger partial charge in [0.15, 0.2) is 0 Å². The Hall–Kier alpha value is -2.34. The summed E-state index contributed by atoms with van der Waals surface area (Å²) < 4.78 is 25.5. The molecule has 1 atom stereocenters. The minimum absolute atomic E-state index is 0.199. The second-order valence-electron chi connectivity index (χ2n) is 6.24. The van der Waals surface area contributed by atoms with Crippen LogP contribution in [0.15, 0.2) is 48.5 Å². The van der Waals surface area contributed by atoms with Gasteiger partial charge in [-0.2, -0.15) is 0 Å². The van der Waals surface area contributed by atoms with Crippen LogP contribution in [0.25, 0.3) is 0 Å². The third kappa shape index (κ3) is 5.06. The van der Waals surface area contributed by atoms with Gasteiger partial charge in [-0.15, -0.1) is 0 Å². The summed E-state index contributed by atoms with van der Waals surface area (Å²) in [5.74, 6) is -0.347. The van der Waals surface area contributed by atoms with Gasteiger partial charge in [-0.25, -0.2) is 8.42 Å². The molecule has 0 spiro atoms. The smallest absolute Gasteiger partial charge is 0.241 e. The highest BCUT2D eigenvalue weighted by Gasteiger charge is 2.22. The molecule has 0 bridgehead atoms. The summed E-state index contributed by atoms with van der Waals surface area (Å²) in [6.45, 7) is 5.49. The van der Waals surface area contributed by atoms with Gasteiger partial charge in [0.2, 0.25) is 15.9 Å². The lowest BCUT2D eigenvalue weighted by Gasteiger charge is -2.24. The van der Waals surface area contributed by atoms with E-state index in [0.717, 1.165) is 27.3 Å². The fourth-order valence-corrected chi connectivity index (χ4v) is 3.37. The number of nitrogens with one attached hydrogen (secondary N) is 1. The van der Waals surface area contributed by atoms with Gasteiger partial charge in [0.25, 0.3) is 0 Å². The Bertz CT molecular complexity index is 848. The van der Waals surface area contributed by atoms with E-state index < -0.39 is 10.0 Å². The Morgan fingerprint density at radius 3 is 2.28 bits per heavy atom. The number of aryl methyl sites for hydroxylation is 2. The molecule has 134 valence electrons. The molecular weight excluding hydrogens is 336 g/mol. The highest BCUT2D eigenvalue weighted by Crippen LogP contribution is 2.21. The topological polar surface area (TPSA) is 66.5 Å². The number of nitrogens with zero attached hydrogens (tertiary/aromatic N) is 1. The Morgan fingerprint density at radius 1 is 1.08 bits per heavy atom. The van der Waals surface area contributed by atoms with Gasteiger partial charge in [-0.05, 0) is 49.6 Å². The van der Waals surface area contributed by atoms with E-state index in [-0.39, 0.29) is 18.5 Å². The van der Waals surface area contributed by atoms with Gasteiger partial charge in [-0.3, -0.25) is 9.10 Å². The normalized spacial score (nSPS) is 12.5. The second kappa shape index (κ2) is 7.70. The lowest BCUT2D eigenvalue weighted by molar-refractivity contribution is -0.120. The summed E-state index contributed by atoms with van der Waals surface area (Å²) in [7, 11) is -3.57. The second-order valence-corrected chi connectivity index (χ2v) is 8.14. The lowest BCUT2D eigenvalue weighted by atomic mass is 10.1. The van der Waals surface area contributed by atoms with Crippen LogP contribution in [0, 0.1) is 13.8 Å². The molecular formula is C19H24N2O3S. The van der Waals surface area contributed by atoms with Gasteiger partial charge >= 0.3 is 0 Å². The van der Waals surface area contributed by atoms with E-state index in [1.807, 2.05) is 57.2 Å². The fourth-order valence-electron chi connectivity index (χ4n) is 2.52. The minimum Gasteiger partial charge on any atom is -0.348 e. The van der Waals surface area contributed by atoms with E-state index in [1.165, 1.54) is 0 Å². The molecule has 0 radical (unpaired) electrons. The molecule has 0 aromatic heterocycles. The van der Waals surface area contributed by atoms with Crippen LogP contribution >= 0.6 is 0 Å². The van der Waals surface area contributed by atoms with E-state index in [2.05, 4.69) is 5.32 Å². The van der Waals surface area contributed by atoms with E-state index in [1.54, 1.807) is 12.1 Å². The Balaban J connectivity index is 2.17. The minimum atomic E-state index is -3.57. The summed E-state index contributed by atoms with van der Waals surface area (Å²) >= 11 is 0. The van der Waals surface area contributed by atoms with E-state index in [0.29, 0.717) is 5.69 Å². The highest BCUT2D eigenvalue weighted by atomic mass is 32.2. The maximum atomic E-state index is 12.4. The molecule has 6 heteroatoms. The van der Waals surface area contributed by atoms with E-state index >= 15 is 0 Å². The zero-order chi connectivity index (χ0) is 18.6. The molecule has 0 fully saturated rings. The first-order valence-corrected chi connectivity index (χ1v) is 9.92. The Labute approximate surface area is 149 Å². The first-order valence-electron chi connectivity index (χ1n) is 8.08. The quantitative estimate of drug-likeness (QED) is 0.861. The summed E-state index contributed by atoms with van der Waals surface area (Å²) in [5, 5.41) is 2.85. The standard InChI is InChI=1S/C19H24N2O3S/c1-14-10-11-18(12-15(14)2)21(25(4,23)24)13-19(22)20-16(3)17-8-6-5-7-9-17/h5-12,16H,13H2,1-4H3,(H,20,22)/t16-/m0/s1. The van der Waals surface area contributed by atoms with Gasteiger partial charge in [-0.1, -0.05) is 36.4 Å². The predicted molar refractivity (Wildman–Crippen MR) is 101 cm³/mol. The van der Waals surface area contributed by atoms with Crippen molar-refractivity contribution >= 4 is 21.6 Å². The van der Waals surface area contributed by atoms with Crippen LogP contribution in [0.2, 0.25) is 0 Å². The molecule has 0 unspecified atom stereocenters. The zero-order valence-electron chi connectivity index (χ0n) is 15.0. The van der Waals surface area contributed by atoms with Crippen molar-refractivity contribution in [2.75, 3.05) is 17.1 Å². The first-order chi connectivity index (χ1) is 11.7. The number of benzene rings is 2. The van der Waals surface area contributed by atoms with Crippen molar-refractivity contribution in [3.63, 3.8) is 0 Å². The molecule has 0 heterocycles. The van der Waals surface area contributed by atoms with Gasteiger partial charge < -0.3 is 5.32 Å². The van der Waals surface area contributed by atoms with Crippen LogP contribution in [-0.2, 0) is 14.8 Å². The van der Waals surface area contributed by atoms with Crippen LogP contribution in [0.3, 0.4) is 0 Å². The molecule has 2 rings (SSSR count). The third-order valence-corrected chi connectivity index (χ3v) is 5.28. The molecule has 2 aromatic rings. The lowest BCUT2D eigenvalue weighted by Crippen LogP contribution is -2.41. The van der Waals surface area contributed by atoms with Crippen LogP contribution in [0.5, 0.6) is 0 Å². The van der Waals surface area contributed by atoms with Crippen molar-refractivity contribution in [3.8, 4) is 0 Å². The maximum Gasteiger partial charge on any atom is 0.241 e. The van der Waals surface area contributed by atoms with Gasteiger partial charge in [0.05, 0.1) is 18.0 Å². The number of hydrogen-bond acceptors (Lipinski definition) is 3. The van der Waals surface area contributed by atoms with E-state index in [4.69, 9.17) is 0 Å². The molecule has 0 saturated heterocycles. The first kappa shape index (κ1) is 19.0. The molecule has 0 aliphatic rings. The predicted octanol–water partition coefficient (Wildman–Crippen LogP) is 2.95. The molecule has 1 N–H and O–H groups in total. The Morgan fingerprint density at radius 2 is 1.72 bits per heavy atom. The summed E-state index contributed by atoms with van der Waals surface area (Å²) in [4.78, 5) is 12.4. The number of hydrogen-bond donors (Lipinski definition) is 1. The number of anilines is 1. The summed E-state index contributed by atoms with van der Waals surface area (Å²) in [6, 6.07) is 14.7. The molecule has 0 saturated carbocycles. The largest absolute Gasteiger partial charge is 0.348 e. The third-order valence-electron chi connectivity index (χ3n) is 4.14. The fraction of sp³-hybridized carbons (Fsp3) is 0.316. The number of amides is 1. The highest BCUT2D eigenvalue weighted by molar-refractivity contribution is 7.92. The van der Waals surface area contributed by atoms with Crippen LogP contribution < -0.4 is 9.62 Å². The van der Waals surface area contributed by atoms with Crippen LogP contribution in [0.4, 0.5) is 5.69 Å². The van der Waals surface area contributed by atoms with Crippen molar-refractivity contribution in [2.24, 2.45) is 0 Å². The summed E-state index contributed by atoms with van der Waals surface area (Å²) in [6.07, 6.45) is 1.11. The molecule has 0 aliphatic heterocycles. The van der Waals surface area contributed by atoms with Crippen molar-refractivity contribution in [1.29, 1.82) is 0 Å².